The van der Waals surface area contributed by atoms with E-state index < -0.39 is 36.7 Å². The van der Waals surface area contributed by atoms with Crippen LogP contribution in [-0.2, 0) is 25.4 Å². The Hall–Kier alpha value is -2.47. The van der Waals surface area contributed by atoms with Crippen LogP contribution >= 0.6 is 0 Å². The summed E-state index contributed by atoms with van der Waals surface area (Å²) < 4.78 is 16.2. The zero-order valence-corrected chi connectivity index (χ0v) is 19.3. The summed E-state index contributed by atoms with van der Waals surface area (Å²) in [7, 11) is 0. The Labute approximate surface area is 198 Å². The van der Waals surface area contributed by atoms with Crippen molar-refractivity contribution in [3.8, 4) is 11.5 Å². The molecule has 0 spiro atoms. The lowest BCUT2D eigenvalue weighted by atomic mass is 9.99. The second-order valence-electron chi connectivity index (χ2n) is 8.22. The number of ether oxygens (including phenoxy) is 3. The zero-order chi connectivity index (χ0) is 25.3. The molecule has 0 radical (unpaired) electrons. The van der Waals surface area contributed by atoms with Gasteiger partial charge in [-0.25, -0.2) is 4.79 Å². The van der Waals surface area contributed by atoms with Crippen LogP contribution in [0.4, 0.5) is 0 Å². The molecule has 1 fully saturated rings. The molecule has 0 unspecified atom stereocenters. The summed E-state index contributed by atoms with van der Waals surface area (Å²) in [6.45, 7) is 3.13. The molecule has 1 aromatic carbocycles. The molecule has 34 heavy (non-hydrogen) atoms. The fraction of sp³-hybridized carbons (Fsp3) is 0.542. The van der Waals surface area contributed by atoms with Crippen LogP contribution in [0.1, 0.15) is 32.3 Å². The minimum atomic E-state index is -1.57. The quantitative estimate of drug-likeness (QED) is 0.114. The number of phenolic OH excluding ortho intramolecular Hbond substituents is 2. The van der Waals surface area contributed by atoms with Gasteiger partial charge in [0, 0.05) is 5.57 Å². The number of allylic oxidation sites excluding steroid dienone is 2. The molecule has 190 valence electrons. The standard InChI is InChI=1S/C24H34O10/c1-14(8-10-25)4-3-5-15(2)23(31)33-13-19-20(28)21(29)22(30)24(34-19)32-11-9-16-6-7-17(26)18(27)12-16/h5-8,12,19-22,24-30H,3-4,9-11,13H2,1-2H3/t19-,20+,21-,22-,24-/m1/s1. The number of aliphatic hydroxyl groups is 4. The van der Waals surface area contributed by atoms with Crippen LogP contribution in [0.25, 0.3) is 0 Å². The summed E-state index contributed by atoms with van der Waals surface area (Å²) in [6, 6.07) is 4.31. The van der Waals surface area contributed by atoms with Gasteiger partial charge in [0.25, 0.3) is 0 Å². The fourth-order valence-electron chi connectivity index (χ4n) is 3.34. The summed E-state index contributed by atoms with van der Waals surface area (Å²) in [5.41, 5.74) is 2.03. The first kappa shape index (κ1) is 27.8. The summed E-state index contributed by atoms with van der Waals surface area (Å²) in [5.74, 6) is -1.12. The number of esters is 1. The van der Waals surface area contributed by atoms with Crippen molar-refractivity contribution < 1.29 is 49.6 Å². The van der Waals surface area contributed by atoms with Crippen molar-refractivity contribution in [3.63, 3.8) is 0 Å². The highest BCUT2D eigenvalue weighted by molar-refractivity contribution is 5.87. The molecule has 5 atom stereocenters. The molecular weight excluding hydrogens is 448 g/mol. The third-order valence-corrected chi connectivity index (χ3v) is 5.51. The largest absolute Gasteiger partial charge is 0.504 e. The van der Waals surface area contributed by atoms with Gasteiger partial charge in [-0.05, 0) is 50.8 Å². The van der Waals surface area contributed by atoms with Crippen molar-refractivity contribution in [1.29, 1.82) is 0 Å². The van der Waals surface area contributed by atoms with E-state index in [1.165, 1.54) is 12.1 Å². The maximum absolute atomic E-state index is 12.2. The Morgan fingerprint density at radius 3 is 2.47 bits per heavy atom. The van der Waals surface area contributed by atoms with E-state index in [1.807, 2.05) is 6.92 Å². The monoisotopic (exact) mass is 482 g/mol. The second kappa shape index (κ2) is 13.4. The minimum Gasteiger partial charge on any atom is -0.504 e. The molecule has 1 aliphatic heterocycles. The summed E-state index contributed by atoms with van der Waals surface area (Å²) in [5, 5.41) is 58.3. The fourth-order valence-corrected chi connectivity index (χ4v) is 3.34. The number of phenols is 2. The van der Waals surface area contributed by atoms with Gasteiger partial charge in [-0.2, -0.15) is 0 Å². The molecule has 0 aliphatic carbocycles. The number of carbonyl (C=O) groups excluding carboxylic acids is 1. The first-order chi connectivity index (χ1) is 16.1. The van der Waals surface area contributed by atoms with Crippen LogP contribution in [0, 0.1) is 0 Å². The van der Waals surface area contributed by atoms with Crippen LogP contribution in [0.5, 0.6) is 11.5 Å². The summed E-state index contributed by atoms with van der Waals surface area (Å²) in [4.78, 5) is 12.2. The van der Waals surface area contributed by atoms with Gasteiger partial charge < -0.3 is 44.8 Å². The molecular formula is C24H34O10. The molecule has 1 aromatic rings. The van der Waals surface area contributed by atoms with E-state index in [4.69, 9.17) is 19.3 Å². The third kappa shape index (κ3) is 8.08. The molecule has 1 aliphatic rings. The normalized spacial score (nSPS) is 25.9. The topological polar surface area (TPSA) is 166 Å². The number of hydrogen-bond donors (Lipinski definition) is 6. The van der Waals surface area contributed by atoms with Crippen LogP contribution in [-0.4, -0.2) is 87.1 Å². The number of benzene rings is 1. The van der Waals surface area contributed by atoms with E-state index >= 15 is 0 Å². The minimum absolute atomic E-state index is 0.0358. The van der Waals surface area contributed by atoms with Crippen molar-refractivity contribution in [3.05, 3.63) is 47.1 Å². The maximum atomic E-state index is 12.2. The van der Waals surface area contributed by atoms with Gasteiger partial charge in [0.05, 0.1) is 13.2 Å². The number of rotatable bonds is 11. The SMILES string of the molecule is CC(=CCO)CCC=C(C)C(=O)OC[C@H]1O[C@@H](OCCc2ccc(O)c(O)c2)[C@H](O)[C@H](O)[C@H]1O. The Morgan fingerprint density at radius 2 is 1.79 bits per heavy atom. The van der Waals surface area contributed by atoms with Gasteiger partial charge in [-0.15, -0.1) is 0 Å². The Morgan fingerprint density at radius 1 is 1.06 bits per heavy atom. The van der Waals surface area contributed by atoms with Gasteiger partial charge >= 0.3 is 5.97 Å². The second-order valence-corrected chi connectivity index (χ2v) is 8.22. The molecule has 0 bridgehead atoms. The third-order valence-electron chi connectivity index (χ3n) is 5.51. The first-order valence-electron chi connectivity index (χ1n) is 11.1. The van der Waals surface area contributed by atoms with Crippen molar-refractivity contribution in [2.24, 2.45) is 0 Å². The molecule has 2 rings (SSSR count). The van der Waals surface area contributed by atoms with E-state index in [0.29, 0.717) is 30.4 Å². The van der Waals surface area contributed by atoms with Crippen molar-refractivity contribution in [2.75, 3.05) is 19.8 Å². The van der Waals surface area contributed by atoms with Gasteiger partial charge in [0.15, 0.2) is 17.8 Å². The average molecular weight is 483 g/mol. The molecule has 10 heteroatoms. The van der Waals surface area contributed by atoms with Crippen LogP contribution in [0.3, 0.4) is 0 Å². The predicted molar refractivity (Wildman–Crippen MR) is 121 cm³/mol. The van der Waals surface area contributed by atoms with Crippen LogP contribution in [0.15, 0.2) is 41.5 Å². The predicted octanol–water partition coefficient (Wildman–Crippen LogP) is 0.673. The lowest BCUT2D eigenvalue weighted by Crippen LogP contribution is -2.59. The van der Waals surface area contributed by atoms with Crippen molar-refractivity contribution in [1.82, 2.24) is 0 Å². The maximum Gasteiger partial charge on any atom is 0.333 e. The zero-order valence-electron chi connectivity index (χ0n) is 19.3. The van der Waals surface area contributed by atoms with Gasteiger partial charge in [-0.3, -0.25) is 0 Å². The number of carbonyl (C=O) groups is 1. The molecule has 1 heterocycles. The summed E-state index contributed by atoms with van der Waals surface area (Å²) >= 11 is 0. The summed E-state index contributed by atoms with van der Waals surface area (Å²) in [6.07, 6.45) is -1.99. The lowest BCUT2D eigenvalue weighted by Gasteiger charge is -2.40. The molecule has 0 amide bonds. The molecule has 10 nitrogen and oxygen atoms in total. The van der Waals surface area contributed by atoms with E-state index in [9.17, 15) is 30.3 Å². The van der Waals surface area contributed by atoms with E-state index in [1.54, 1.807) is 25.1 Å². The van der Waals surface area contributed by atoms with Crippen molar-refractivity contribution in [2.45, 2.75) is 63.8 Å². The van der Waals surface area contributed by atoms with E-state index in [0.717, 1.165) is 5.57 Å². The van der Waals surface area contributed by atoms with Crippen LogP contribution < -0.4 is 0 Å². The first-order valence-corrected chi connectivity index (χ1v) is 11.1. The molecule has 6 N–H and O–H groups in total. The molecule has 0 aromatic heterocycles. The Balaban J connectivity index is 1.86. The van der Waals surface area contributed by atoms with Gasteiger partial charge in [0.1, 0.15) is 31.0 Å². The van der Waals surface area contributed by atoms with Crippen LogP contribution in [0.2, 0.25) is 0 Å². The Bertz CT molecular complexity index is 865. The number of aromatic hydroxyl groups is 2. The lowest BCUT2D eigenvalue weighted by molar-refractivity contribution is -0.301. The highest BCUT2D eigenvalue weighted by Gasteiger charge is 2.44. The number of hydrogen-bond acceptors (Lipinski definition) is 10. The molecule has 1 saturated heterocycles. The highest BCUT2D eigenvalue weighted by Crippen LogP contribution is 2.26. The van der Waals surface area contributed by atoms with Gasteiger partial charge in [0.2, 0.25) is 0 Å². The molecule has 0 saturated carbocycles. The van der Waals surface area contributed by atoms with E-state index in [-0.39, 0.29) is 31.3 Å². The smallest absolute Gasteiger partial charge is 0.333 e. The number of aliphatic hydroxyl groups excluding tert-OH is 4. The van der Waals surface area contributed by atoms with Crippen molar-refractivity contribution >= 4 is 5.97 Å². The van der Waals surface area contributed by atoms with E-state index in [2.05, 4.69) is 0 Å². The van der Waals surface area contributed by atoms with Gasteiger partial charge in [-0.1, -0.05) is 23.8 Å². The highest BCUT2D eigenvalue weighted by atomic mass is 16.7. The average Bonchev–Trinajstić information content (AvgIpc) is 2.80. The Kier molecular flexibility index (Phi) is 11.0.